The number of nitrogen functional groups attached to an aromatic ring is 1. The molecule has 0 unspecified atom stereocenters. The van der Waals surface area contributed by atoms with Gasteiger partial charge in [0.25, 0.3) is 0 Å². The summed E-state index contributed by atoms with van der Waals surface area (Å²) in [5.74, 6) is 1.92. The second kappa shape index (κ2) is 6.25. The molecule has 1 aromatic carbocycles. The van der Waals surface area contributed by atoms with Gasteiger partial charge in [-0.15, -0.1) is 0 Å². The smallest absolute Gasteiger partial charge is 0.135 e. The molecule has 6 heteroatoms. The molecule has 0 aliphatic heterocycles. The maximum absolute atomic E-state index is 5.77. The number of benzene rings is 1. The molecule has 2 aromatic rings. The van der Waals surface area contributed by atoms with Crippen LogP contribution in [0.3, 0.4) is 0 Å². The zero-order valence-corrected chi connectivity index (χ0v) is 13.4. The van der Waals surface area contributed by atoms with Crippen molar-refractivity contribution in [2.45, 2.75) is 6.61 Å². The first kappa shape index (κ1) is 14.1. The van der Waals surface area contributed by atoms with E-state index in [0.717, 1.165) is 20.3 Å². The van der Waals surface area contributed by atoms with Crippen molar-refractivity contribution in [3.05, 3.63) is 45.0 Å². The number of anilines is 1. The Morgan fingerprint density at radius 3 is 2.58 bits per heavy atom. The predicted molar refractivity (Wildman–Crippen MR) is 81.4 cm³/mol. The summed E-state index contributed by atoms with van der Waals surface area (Å²) in [4.78, 5) is 4.02. The van der Waals surface area contributed by atoms with Crippen LogP contribution >= 0.6 is 31.9 Å². The van der Waals surface area contributed by atoms with E-state index in [-0.39, 0.29) is 0 Å². The van der Waals surface area contributed by atoms with Crippen LogP contribution in [0, 0.1) is 0 Å². The van der Waals surface area contributed by atoms with Crippen LogP contribution in [0.2, 0.25) is 0 Å². The first-order valence-electron chi connectivity index (χ1n) is 5.47. The minimum absolute atomic E-state index is 0.358. The van der Waals surface area contributed by atoms with Crippen molar-refractivity contribution in [1.82, 2.24) is 4.98 Å². The van der Waals surface area contributed by atoms with E-state index >= 15 is 0 Å². The molecule has 19 heavy (non-hydrogen) atoms. The van der Waals surface area contributed by atoms with Gasteiger partial charge >= 0.3 is 0 Å². The number of methoxy groups -OCH3 is 1. The van der Waals surface area contributed by atoms with Crippen molar-refractivity contribution in [2.24, 2.45) is 0 Å². The van der Waals surface area contributed by atoms with Crippen molar-refractivity contribution in [1.29, 1.82) is 0 Å². The summed E-state index contributed by atoms with van der Waals surface area (Å²) in [6.07, 6.45) is 1.65. The molecule has 0 aliphatic rings. The number of halogens is 2. The van der Waals surface area contributed by atoms with Gasteiger partial charge in [0.15, 0.2) is 0 Å². The summed E-state index contributed by atoms with van der Waals surface area (Å²) in [6.45, 7) is 0.358. The van der Waals surface area contributed by atoms with Crippen LogP contribution in [0.4, 0.5) is 5.82 Å². The Morgan fingerprint density at radius 2 is 1.89 bits per heavy atom. The van der Waals surface area contributed by atoms with Crippen molar-refractivity contribution in [3.63, 3.8) is 0 Å². The Labute approximate surface area is 128 Å². The van der Waals surface area contributed by atoms with Gasteiger partial charge in [0.2, 0.25) is 0 Å². The molecule has 2 N–H and O–H groups in total. The average Bonchev–Trinajstić information content (AvgIpc) is 2.41. The third-order valence-corrected chi connectivity index (χ3v) is 3.76. The van der Waals surface area contributed by atoms with Crippen molar-refractivity contribution in [3.8, 4) is 11.5 Å². The monoisotopic (exact) mass is 386 g/mol. The topological polar surface area (TPSA) is 57.4 Å². The van der Waals surface area contributed by atoms with E-state index in [4.69, 9.17) is 15.2 Å². The molecule has 100 valence electrons. The highest BCUT2D eigenvalue weighted by molar-refractivity contribution is 9.11. The van der Waals surface area contributed by atoms with Crippen molar-refractivity contribution in [2.75, 3.05) is 12.8 Å². The molecule has 0 aliphatic carbocycles. The average molecular weight is 388 g/mol. The fraction of sp³-hybridized carbons (Fsp3) is 0.154. The zero-order valence-electron chi connectivity index (χ0n) is 10.2. The van der Waals surface area contributed by atoms with E-state index in [0.29, 0.717) is 18.2 Å². The van der Waals surface area contributed by atoms with Gasteiger partial charge in [-0.05, 0) is 50.1 Å². The SMILES string of the molecule is COc1cc(Br)c(OCc2cccnc2N)cc1Br. The highest BCUT2D eigenvalue weighted by Crippen LogP contribution is 2.36. The Balaban J connectivity index is 2.16. The molecule has 0 radical (unpaired) electrons. The molecule has 0 fully saturated rings. The molecule has 0 atom stereocenters. The summed E-state index contributed by atoms with van der Waals surface area (Å²) >= 11 is 6.86. The summed E-state index contributed by atoms with van der Waals surface area (Å²) < 4.78 is 12.6. The molecule has 1 heterocycles. The van der Waals surface area contributed by atoms with E-state index in [1.54, 1.807) is 13.3 Å². The third kappa shape index (κ3) is 3.39. The van der Waals surface area contributed by atoms with Gasteiger partial charge in [-0.25, -0.2) is 4.98 Å². The number of nitrogens with two attached hydrogens (primary N) is 1. The van der Waals surface area contributed by atoms with Crippen LogP contribution < -0.4 is 15.2 Å². The minimum atomic E-state index is 0.358. The maximum Gasteiger partial charge on any atom is 0.135 e. The molecule has 0 amide bonds. The van der Waals surface area contributed by atoms with E-state index < -0.39 is 0 Å². The predicted octanol–water partition coefficient (Wildman–Crippen LogP) is 3.78. The van der Waals surface area contributed by atoms with Crippen LogP contribution in [0.1, 0.15) is 5.56 Å². The van der Waals surface area contributed by atoms with Gasteiger partial charge in [0.05, 0.1) is 16.1 Å². The highest BCUT2D eigenvalue weighted by Gasteiger charge is 2.09. The summed E-state index contributed by atoms with van der Waals surface area (Å²) in [5, 5.41) is 0. The Kier molecular flexibility index (Phi) is 4.66. The lowest BCUT2D eigenvalue weighted by molar-refractivity contribution is 0.303. The van der Waals surface area contributed by atoms with Gasteiger partial charge in [0.1, 0.15) is 23.9 Å². The molecule has 0 spiro atoms. The Hall–Kier alpha value is -1.27. The van der Waals surface area contributed by atoms with Gasteiger partial charge < -0.3 is 15.2 Å². The number of rotatable bonds is 4. The number of nitrogens with zero attached hydrogens (tertiary/aromatic N) is 1. The lowest BCUT2D eigenvalue weighted by Crippen LogP contribution is -2.02. The van der Waals surface area contributed by atoms with Gasteiger partial charge in [0, 0.05) is 11.8 Å². The normalized spacial score (nSPS) is 10.3. The van der Waals surface area contributed by atoms with Crippen molar-refractivity contribution < 1.29 is 9.47 Å². The van der Waals surface area contributed by atoms with E-state index in [2.05, 4.69) is 36.8 Å². The fourth-order valence-corrected chi connectivity index (χ4v) is 2.43. The second-order valence-electron chi connectivity index (χ2n) is 3.75. The van der Waals surface area contributed by atoms with Crippen molar-refractivity contribution >= 4 is 37.7 Å². The van der Waals surface area contributed by atoms with E-state index in [1.165, 1.54) is 0 Å². The first-order chi connectivity index (χ1) is 9.11. The van der Waals surface area contributed by atoms with Gasteiger partial charge in [-0.3, -0.25) is 0 Å². The quantitative estimate of drug-likeness (QED) is 0.867. The van der Waals surface area contributed by atoms with Crippen LogP contribution in [-0.4, -0.2) is 12.1 Å². The van der Waals surface area contributed by atoms with E-state index in [9.17, 15) is 0 Å². The maximum atomic E-state index is 5.77. The van der Waals surface area contributed by atoms with Crippen LogP contribution in [-0.2, 0) is 6.61 Å². The molecular weight excluding hydrogens is 376 g/mol. The molecule has 2 rings (SSSR count). The summed E-state index contributed by atoms with van der Waals surface area (Å²) in [5.41, 5.74) is 6.61. The standard InChI is InChI=1S/C13H12Br2N2O2/c1-18-11-5-10(15)12(6-9(11)14)19-7-8-3-2-4-17-13(8)16/h2-6H,7H2,1H3,(H2,16,17). The molecule has 1 aromatic heterocycles. The van der Waals surface area contributed by atoms with Crippen LogP contribution in [0.5, 0.6) is 11.5 Å². The second-order valence-corrected chi connectivity index (χ2v) is 5.46. The zero-order chi connectivity index (χ0) is 13.8. The summed E-state index contributed by atoms with van der Waals surface area (Å²) in [6, 6.07) is 7.39. The lowest BCUT2D eigenvalue weighted by atomic mass is 10.2. The van der Waals surface area contributed by atoms with Gasteiger partial charge in [-0.1, -0.05) is 6.07 Å². The number of hydrogen-bond donors (Lipinski definition) is 1. The Bertz CT molecular complexity index is 591. The molecular formula is C13H12Br2N2O2. The van der Waals surface area contributed by atoms with Crippen LogP contribution in [0.15, 0.2) is 39.4 Å². The van der Waals surface area contributed by atoms with Crippen LogP contribution in [0.25, 0.3) is 0 Å². The number of pyridine rings is 1. The number of ether oxygens (including phenoxy) is 2. The molecule has 0 bridgehead atoms. The number of hydrogen-bond acceptors (Lipinski definition) is 4. The first-order valence-corrected chi connectivity index (χ1v) is 7.05. The lowest BCUT2D eigenvalue weighted by Gasteiger charge is -2.11. The van der Waals surface area contributed by atoms with Gasteiger partial charge in [-0.2, -0.15) is 0 Å². The minimum Gasteiger partial charge on any atom is -0.496 e. The summed E-state index contributed by atoms with van der Waals surface area (Å²) in [7, 11) is 1.61. The van der Waals surface area contributed by atoms with E-state index in [1.807, 2.05) is 24.3 Å². The fourth-order valence-electron chi connectivity index (χ4n) is 1.51. The third-order valence-electron chi connectivity index (χ3n) is 2.52. The molecule has 0 saturated heterocycles. The number of aromatic nitrogens is 1. The molecule has 0 saturated carbocycles. The molecule has 4 nitrogen and oxygen atoms in total. The largest absolute Gasteiger partial charge is 0.496 e. The highest BCUT2D eigenvalue weighted by atomic mass is 79.9. The Morgan fingerprint density at radius 1 is 1.21 bits per heavy atom.